The molecule has 2 heteroatoms. The van der Waals surface area contributed by atoms with Gasteiger partial charge in [0.1, 0.15) is 0 Å². The molecular weight excluding hydrogens is 1000 g/mol. The van der Waals surface area contributed by atoms with Crippen LogP contribution in [0.5, 0.6) is 0 Å². The Bertz CT molecular complexity index is 4080. The Hall–Kier alpha value is -9.24. The Labute approximate surface area is 494 Å². The average molecular weight is 1080 g/mol. The lowest BCUT2D eigenvalue weighted by Gasteiger charge is -2.39. The Kier molecular flexibility index (Phi) is 20.0. The van der Waals surface area contributed by atoms with Gasteiger partial charge in [-0.15, -0.1) is 0 Å². The SMILES string of the molecule is C1=CC2c3ccc(N(c4ccc(-c5cccc(-c6ccc7[nH]c8ccccc8c7c6)c5)cc4)c4ccc5ccccc5c4)cc3C(c3ccccc3)(c3ccccc3)C2C=C1.C=c1cccccccc/c1=C/CC.CC.CCC.CCC. The molecule has 0 amide bonds. The predicted octanol–water partition coefficient (Wildman–Crippen LogP) is 21.7. The summed E-state index contributed by atoms with van der Waals surface area (Å²) < 4.78 is 0. The van der Waals surface area contributed by atoms with Crippen LogP contribution in [0.15, 0.2) is 285 Å². The number of fused-ring (bicyclic) bond motifs is 7. The second-order valence-corrected chi connectivity index (χ2v) is 21.1. The summed E-state index contributed by atoms with van der Waals surface area (Å²) in [4.78, 5) is 6.02. The van der Waals surface area contributed by atoms with Gasteiger partial charge in [-0.2, -0.15) is 0 Å². The van der Waals surface area contributed by atoms with Gasteiger partial charge in [-0.3, -0.25) is 0 Å². The van der Waals surface area contributed by atoms with Gasteiger partial charge in [-0.25, -0.2) is 0 Å². The summed E-state index contributed by atoms with van der Waals surface area (Å²) in [5.74, 6) is 0.504. The van der Waals surface area contributed by atoms with Gasteiger partial charge in [0.25, 0.3) is 0 Å². The van der Waals surface area contributed by atoms with Gasteiger partial charge in [-0.1, -0.05) is 298 Å². The number of H-pyrrole nitrogens is 1. The molecule has 2 aliphatic carbocycles. The number of hydrogen-bond acceptors (Lipinski definition) is 1. The van der Waals surface area contributed by atoms with Crippen LogP contribution in [-0.4, -0.2) is 4.98 Å². The van der Waals surface area contributed by atoms with Crippen molar-refractivity contribution in [2.45, 2.75) is 79.1 Å². The number of rotatable bonds is 8. The number of nitrogens with zero attached hydrogens (tertiary/aromatic N) is 1. The second kappa shape index (κ2) is 28.4. The third-order valence-electron chi connectivity index (χ3n) is 15.2. The van der Waals surface area contributed by atoms with Gasteiger partial charge < -0.3 is 9.88 Å². The zero-order chi connectivity index (χ0) is 58.0. The molecule has 0 radical (unpaired) electrons. The van der Waals surface area contributed by atoms with Crippen LogP contribution >= 0.6 is 0 Å². The zero-order valence-electron chi connectivity index (χ0n) is 49.6. The molecule has 2 unspecified atom stereocenters. The van der Waals surface area contributed by atoms with Crippen molar-refractivity contribution in [1.29, 1.82) is 0 Å². The third-order valence-corrected chi connectivity index (χ3v) is 15.2. The molecule has 13 rings (SSSR count). The number of aromatic amines is 1. The first kappa shape index (κ1) is 58.4. The molecule has 83 heavy (non-hydrogen) atoms. The van der Waals surface area contributed by atoms with E-state index in [1.54, 1.807) is 0 Å². The molecule has 414 valence electrons. The largest absolute Gasteiger partial charge is 0.355 e. The van der Waals surface area contributed by atoms with E-state index in [1.165, 1.54) is 89.6 Å². The highest BCUT2D eigenvalue weighted by atomic mass is 15.1. The molecular formula is C81H80N2. The number of aromatic nitrogens is 1. The van der Waals surface area contributed by atoms with E-state index in [4.69, 9.17) is 0 Å². The molecule has 0 fully saturated rings. The number of hydrogen-bond donors (Lipinski definition) is 1. The van der Waals surface area contributed by atoms with Crippen LogP contribution in [-0.2, 0) is 5.41 Å². The van der Waals surface area contributed by atoms with E-state index < -0.39 is 0 Å². The van der Waals surface area contributed by atoms with Crippen LogP contribution in [0.4, 0.5) is 17.1 Å². The highest BCUT2D eigenvalue weighted by Gasteiger charge is 2.53. The van der Waals surface area contributed by atoms with Gasteiger partial charge >= 0.3 is 0 Å². The lowest BCUT2D eigenvalue weighted by atomic mass is 9.63. The molecule has 2 nitrogen and oxygen atoms in total. The minimum absolute atomic E-state index is 0.237. The van der Waals surface area contributed by atoms with Gasteiger partial charge in [0.05, 0.1) is 5.41 Å². The van der Waals surface area contributed by atoms with Crippen LogP contribution in [0.25, 0.3) is 67.5 Å². The third kappa shape index (κ3) is 12.8. The minimum Gasteiger partial charge on any atom is -0.355 e. The van der Waals surface area contributed by atoms with E-state index in [9.17, 15) is 0 Å². The first-order chi connectivity index (χ1) is 40.9. The molecule has 2 aliphatic rings. The van der Waals surface area contributed by atoms with Crippen LogP contribution in [0.3, 0.4) is 0 Å². The molecule has 0 spiro atoms. The standard InChI is InChI=1S/C59H42N2.C14H16.2C3H8.C2H6/c1-3-18-46(19-4-1)59(47-20-5-2-6-21-47)55-24-11-9-22-51(55)52-34-33-50(39-56(52)59)61(49-32-28-40-14-7-8-15-44(40)37-49)48-30-26-41(27-31-48)42-16-13-17-43(36-42)45-29-35-58-54(38-45)53-23-10-12-25-57(53)60-58;1-3-10-14-12-9-7-5-4-6-8-11-13(14)2;2*1-3-2;1-2/h1-39,51,55,60H;4-12H,2-3H2,1H3;2*3H2,1-2H3;1-2H3/b;6-4?,7-5?,11-8?,12-9?,14-10-;;;. The Balaban J connectivity index is 0.000000322. The monoisotopic (exact) mass is 1080 g/mol. The summed E-state index contributed by atoms with van der Waals surface area (Å²) >= 11 is 0. The van der Waals surface area contributed by atoms with Gasteiger partial charge in [0.2, 0.25) is 0 Å². The maximum Gasteiger partial charge on any atom is 0.0526 e. The highest BCUT2D eigenvalue weighted by Crippen LogP contribution is 2.60. The van der Waals surface area contributed by atoms with Crippen molar-refractivity contribution < 1.29 is 0 Å². The van der Waals surface area contributed by atoms with E-state index in [-0.39, 0.29) is 17.3 Å². The molecule has 2 atom stereocenters. The Morgan fingerprint density at radius 2 is 0.952 bits per heavy atom. The highest BCUT2D eigenvalue weighted by molar-refractivity contribution is 6.08. The molecule has 0 saturated carbocycles. The molecule has 11 aromatic rings. The minimum atomic E-state index is -0.373. The Morgan fingerprint density at radius 1 is 0.434 bits per heavy atom. The van der Waals surface area contributed by atoms with Crippen molar-refractivity contribution in [3.05, 3.63) is 318 Å². The van der Waals surface area contributed by atoms with E-state index in [2.05, 4.69) is 300 Å². The Morgan fingerprint density at radius 3 is 1.65 bits per heavy atom. The fourth-order valence-corrected chi connectivity index (χ4v) is 11.8. The van der Waals surface area contributed by atoms with E-state index in [0.717, 1.165) is 34.2 Å². The normalized spacial score (nSPS) is 14.2. The number of anilines is 3. The predicted molar refractivity (Wildman–Crippen MR) is 363 cm³/mol. The summed E-state index contributed by atoms with van der Waals surface area (Å²) in [5.41, 5.74) is 15.5. The van der Waals surface area contributed by atoms with E-state index in [0.29, 0.717) is 0 Å². The topological polar surface area (TPSA) is 19.0 Å². The van der Waals surface area contributed by atoms with Crippen LogP contribution in [0.1, 0.15) is 95.9 Å². The molecule has 1 N–H and O–H groups in total. The molecule has 0 saturated heterocycles. The average Bonchev–Trinajstić information content (AvgIpc) is 3.19. The van der Waals surface area contributed by atoms with Gasteiger partial charge in [0.15, 0.2) is 0 Å². The molecule has 0 aliphatic heterocycles. The van der Waals surface area contributed by atoms with Crippen LogP contribution in [0.2, 0.25) is 0 Å². The summed E-state index contributed by atoms with van der Waals surface area (Å²) in [6.45, 7) is 18.7. The lowest BCUT2D eigenvalue weighted by molar-refractivity contribution is 0.457. The second-order valence-electron chi connectivity index (χ2n) is 21.1. The van der Waals surface area contributed by atoms with Gasteiger partial charge in [0, 0.05) is 50.7 Å². The zero-order valence-corrected chi connectivity index (χ0v) is 49.6. The molecule has 10 aromatic carbocycles. The fraction of sp³-hybridized carbons (Fsp3) is 0.160. The number of allylic oxidation sites excluding steroid dienone is 4. The van der Waals surface area contributed by atoms with Crippen LogP contribution < -0.4 is 15.3 Å². The number of nitrogens with one attached hydrogen (secondary N) is 1. The first-order valence-corrected chi connectivity index (χ1v) is 30.1. The van der Waals surface area contributed by atoms with Crippen molar-refractivity contribution >= 4 is 62.3 Å². The molecule has 1 heterocycles. The number of benzene rings is 9. The first-order valence-electron chi connectivity index (χ1n) is 30.1. The summed E-state index contributed by atoms with van der Waals surface area (Å²) in [7, 11) is 0. The summed E-state index contributed by atoms with van der Waals surface area (Å²) in [6.07, 6.45) is 15.0. The molecule has 1 aromatic heterocycles. The number of para-hydroxylation sites is 1. The van der Waals surface area contributed by atoms with Crippen molar-refractivity contribution in [3.8, 4) is 22.3 Å². The van der Waals surface area contributed by atoms with Crippen molar-refractivity contribution in [3.63, 3.8) is 0 Å². The van der Waals surface area contributed by atoms with Crippen molar-refractivity contribution in [2.24, 2.45) is 5.92 Å². The quantitative estimate of drug-likeness (QED) is 0.161. The molecule has 0 bridgehead atoms. The lowest BCUT2D eigenvalue weighted by Crippen LogP contribution is -2.35. The van der Waals surface area contributed by atoms with E-state index >= 15 is 0 Å². The van der Waals surface area contributed by atoms with Crippen molar-refractivity contribution in [2.75, 3.05) is 4.90 Å². The van der Waals surface area contributed by atoms with Crippen LogP contribution in [0, 0.1) is 5.92 Å². The van der Waals surface area contributed by atoms with Crippen molar-refractivity contribution in [1.82, 2.24) is 4.98 Å². The summed E-state index contributed by atoms with van der Waals surface area (Å²) in [6, 6.07) is 94.7. The fourth-order valence-electron chi connectivity index (χ4n) is 11.8. The van der Waals surface area contributed by atoms with E-state index in [1.807, 2.05) is 56.3 Å². The summed E-state index contributed by atoms with van der Waals surface area (Å²) in [5, 5.41) is 7.21. The smallest absolute Gasteiger partial charge is 0.0526 e. The maximum absolute atomic E-state index is 4.02. The van der Waals surface area contributed by atoms with Gasteiger partial charge in [-0.05, 0) is 133 Å². The maximum atomic E-state index is 4.02.